The highest BCUT2D eigenvalue weighted by Crippen LogP contribution is 2.38. The van der Waals surface area contributed by atoms with E-state index in [9.17, 15) is 4.79 Å². The number of likely N-dealkylation sites (tertiary alicyclic amines) is 1. The average molecular weight is 361 g/mol. The van der Waals surface area contributed by atoms with Crippen LogP contribution in [0.25, 0.3) is 0 Å². The first-order valence-electron chi connectivity index (χ1n) is 9.63. The van der Waals surface area contributed by atoms with Crippen molar-refractivity contribution < 1.29 is 14.1 Å². The number of hydrogen-bond donors (Lipinski definition) is 1. The molecule has 1 amide bonds. The Morgan fingerprint density at radius 1 is 1.31 bits per heavy atom. The van der Waals surface area contributed by atoms with Crippen molar-refractivity contribution in [1.82, 2.24) is 15.4 Å². The third kappa shape index (κ3) is 4.35. The lowest BCUT2D eigenvalue weighted by molar-refractivity contribution is -0.0741. The molecule has 1 aromatic rings. The van der Waals surface area contributed by atoms with Crippen LogP contribution in [0.1, 0.15) is 61.3 Å². The summed E-state index contributed by atoms with van der Waals surface area (Å²) in [5, 5.41) is 6.83. The predicted molar refractivity (Wildman–Crippen MR) is 100 cm³/mol. The summed E-state index contributed by atoms with van der Waals surface area (Å²) in [5.41, 5.74) is 2.56. The molecule has 2 saturated heterocycles. The molecule has 0 radical (unpaired) electrons. The van der Waals surface area contributed by atoms with Crippen molar-refractivity contribution in [3.63, 3.8) is 0 Å². The molecule has 0 aliphatic carbocycles. The SMILES string of the molecule is CC(C)=CCN1CCC2(CCC(CNC(=O)c3c(C)noc3C)O2)CC1. The Labute approximate surface area is 155 Å². The molecule has 1 aromatic heterocycles. The number of rotatable bonds is 5. The van der Waals surface area contributed by atoms with E-state index in [4.69, 9.17) is 9.26 Å². The molecule has 1 N–H and O–H groups in total. The number of nitrogens with one attached hydrogen (secondary N) is 1. The normalized spacial score (nSPS) is 22.5. The number of piperidine rings is 1. The molecule has 6 nitrogen and oxygen atoms in total. The van der Waals surface area contributed by atoms with Crippen molar-refractivity contribution in [1.29, 1.82) is 0 Å². The predicted octanol–water partition coefficient (Wildman–Crippen LogP) is 3.00. The summed E-state index contributed by atoms with van der Waals surface area (Å²) in [4.78, 5) is 14.9. The molecule has 3 rings (SSSR count). The van der Waals surface area contributed by atoms with Gasteiger partial charge in [0, 0.05) is 26.2 Å². The third-order valence-electron chi connectivity index (χ3n) is 5.61. The van der Waals surface area contributed by atoms with E-state index in [2.05, 4.69) is 35.3 Å². The Kier molecular flexibility index (Phi) is 5.82. The van der Waals surface area contributed by atoms with Crippen LogP contribution in [0.2, 0.25) is 0 Å². The smallest absolute Gasteiger partial charge is 0.256 e. The number of aryl methyl sites for hydroxylation is 2. The lowest BCUT2D eigenvalue weighted by atomic mass is 9.88. The minimum atomic E-state index is -0.123. The maximum absolute atomic E-state index is 12.4. The van der Waals surface area contributed by atoms with Gasteiger partial charge in [-0.15, -0.1) is 0 Å². The zero-order chi connectivity index (χ0) is 18.7. The van der Waals surface area contributed by atoms with Crippen molar-refractivity contribution >= 4 is 5.91 Å². The minimum absolute atomic E-state index is 0.0138. The van der Waals surface area contributed by atoms with E-state index < -0.39 is 0 Å². The number of nitrogens with zero attached hydrogens (tertiary/aromatic N) is 2. The summed E-state index contributed by atoms with van der Waals surface area (Å²) in [6, 6.07) is 0. The van der Waals surface area contributed by atoms with Crippen LogP contribution in [0.4, 0.5) is 0 Å². The highest BCUT2D eigenvalue weighted by atomic mass is 16.5. The van der Waals surface area contributed by atoms with Gasteiger partial charge < -0.3 is 14.6 Å². The first kappa shape index (κ1) is 19.1. The van der Waals surface area contributed by atoms with Gasteiger partial charge in [-0.1, -0.05) is 16.8 Å². The number of hydrogen-bond acceptors (Lipinski definition) is 5. The van der Waals surface area contributed by atoms with Crippen LogP contribution in [-0.4, -0.2) is 53.8 Å². The van der Waals surface area contributed by atoms with Gasteiger partial charge in [-0.05, 0) is 53.4 Å². The molecule has 1 unspecified atom stereocenters. The molecule has 2 aliphatic heterocycles. The Balaban J connectivity index is 1.46. The van der Waals surface area contributed by atoms with Gasteiger partial charge in [0.15, 0.2) is 0 Å². The first-order valence-corrected chi connectivity index (χ1v) is 9.63. The van der Waals surface area contributed by atoms with Crippen LogP contribution in [-0.2, 0) is 4.74 Å². The molecule has 6 heteroatoms. The monoisotopic (exact) mass is 361 g/mol. The second-order valence-corrected chi connectivity index (χ2v) is 7.95. The lowest BCUT2D eigenvalue weighted by Crippen LogP contribution is -2.45. The topological polar surface area (TPSA) is 67.6 Å². The molecule has 0 aromatic carbocycles. The van der Waals surface area contributed by atoms with Crippen molar-refractivity contribution in [2.75, 3.05) is 26.2 Å². The first-order chi connectivity index (χ1) is 12.4. The van der Waals surface area contributed by atoms with Crippen LogP contribution < -0.4 is 5.32 Å². The lowest BCUT2D eigenvalue weighted by Gasteiger charge is -2.39. The number of carbonyl (C=O) groups is 1. The summed E-state index contributed by atoms with van der Waals surface area (Å²) >= 11 is 0. The van der Waals surface area contributed by atoms with Gasteiger partial charge in [-0.25, -0.2) is 0 Å². The summed E-state index contributed by atoms with van der Waals surface area (Å²) in [6.45, 7) is 11.6. The Hall–Kier alpha value is -1.66. The number of carbonyl (C=O) groups excluding carboxylic acids is 1. The molecule has 144 valence electrons. The average Bonchev–Trinajstić information content (AvgIpc) is 3.16. The van der Waals surface area contributed by atoms with Crippen LogP contribution >= 0.6 is 0 Å². The van der Waals surface area contributed by atoms with Gasteiger partial charge >= 0.3 is 0 Å². The minimum Gasteiger partial charge on any atom is -0.370 e. The van der Waals surface area contributed by atoms with E-state index in [1.807, 2.05) is 0 Å². The van der Waals surface area contributed by atoms with Crippen molar-refractivity contribution in [2.45, 2.75) is 65.1 Å². The molecule has 1 atom stereocenters. The summed E-state index contributed by atoms with van der Waals surface area (Å²) in [6.07, 6.45) is 6.66. The van der Waals surface area contributed by atoms with Gasteiger partial charge in [0.1, 0.15) is 11.3 Å². The van der Waals surface area contributed by atoms with E-state index in [0.29, 0.717) is 23.6 Å². The van der Waals surface area contributed by atoms with Gasteiger partial charge in [-0.2, -0.15) is 0 Å². The fourth-order valence-corrected chi connectivity index (χ4v) is 3.96. The molecular weight excluding hydrogens is 330 g/mol. The highest BCUT2D eigenvalue weighted by Gasteiger charge is 2.42. The van der Waals surface area contributed by atoms with Crippen molar-refractivity contribution in [3.8, 4) is 0 Å². The van der Waals surface area contributed by atoms with Gasteiger partial charge in [-0.3, -0.25) is 9.69 Å². The van der Waals surface area contributed by atoms with E-state index in [1.165, 1.54) is 5.57 Å². The summed E-state index contributed by atoms with van der Waals surface area (Å²) in [7, 11) is 0. The summed E-state index contributed by atoms with van der Waals surface area (Å²) in [5.74, 6) is 0.440. The molecule has 0 saturated carbocycles. The van der Waals surface area contributed by atoms with Gasteiger partial charge in [0.25, 0.3) is 5.91 Å². The van der Waals surface area contributed by atoms with E-state index in [-0.39, 0.29) is 17.6 Å². The highest BCUT2D eigenvalue weighted by molar-refractivity contribution is 5.96. The molecule has 0 bridgehead atoms. The Bertz CT molecular complexity index is 648. The molecule has 3 heterocycles. The maximum Gasteiger partial charge on any atom is 0.256 e. The fraction of sp³-hybridized carbons (Fsp3) is 0.700. The van der Waals surface area contributed by atoms with Crippen LogP contribution in [0.15, 0.2) is 16.2 Å². The van der Waals surface area contributed by atoms with E-state index in [1.54, 1.807) is 13.8 Å². The van der Waals surface area contributed by atoms with Crippen LogP contribution in [0, 0.1) is 13.8 Å². The Morgan fingerprint density at radius 2 is 2.04 bits per heavy atom. The van der Waals surface area contributed by atoms with Crippen LogP contribution in [0.5, 0.6) is 0 Å². The van der Waals surface area contributed by atoms with Gasteiger partial charge in [0.05, 0.1) is 17.4 Å². The largest absolute Gasteiger partial charge is 0.370 e. The molecular formula is C20H31N3O3. The number of allylic oxidation sites excluding steroid dienone is 1. The zero-order valence-electron chi connectivity index (χ0n) is 16.4. The second kappa shape index (κ2) is 7.92. The number of aromatic nitrogens is 1. The van der Waals surface area contributed by atoms with E-state index >= 15 is 0 Å². The van der Waals surface area contributed by atoms with Crippen LogP contribution in [0.3, 0.4) is 0 Å². The van der Waals surface area contributed by atoms with Crippen molar-refractivity contribution in [2.24, 2.45) is 0 Å². The quantitative estimate of drug-likeness (QED) is 0.817. The third-order valence-corrected chi connectivity index (χ3v) is 5.61. The molecule has 1 spiro atoms. The zero-order valence-corrected chi connectivity index (χ0v) is 16.4. The number of amides is 1. The number of ether oxygens (including phenoxy) is 1. The molecule has 26 heavy (non-hydrogen) atoms. The van der Waals surface area contributed by atoms with E-state index in [0.717, 1.165) is 45.3 Å². The maximum atomic E-state index is 12.4. The molecule has 2 fully saturated rings. The standard InChI is InChI=1S/C20H31N3O3/c1-14(2)6-10-23-11-8-20(9-12-23)7-5-17(25-20)13-21-19(24)18-15(3)22-26-16(18)4/h6,17H,5,7-13H2,1-4H3,(H,21,24). The van der Waals surface area contributed by atoms with Crippen molar-refractivity contribution in [3.05, 3.63) is 28.7 Å². The summed E-state index contributed by atoms with van der Waals surface area (Å²) < 4.78 is 11.5. The second-order valence-electron chi connectivity index (χ2n) is 7.95. The van der Waals surface area contributed by atoms with Gasteiger partial charge in [0.2, 0.25) is 0 Å². The Morgan fingerprint density at radius 3 is 2.65 bits per heavy atom. The fourth-order valence-electron chi connectivity index (χ4n) is 3.96. The molecule has 2 aliphatic rings.